The molecular weight excluding hydrogens is 300 g/mol. The van der Waals surface area contributed by atoms with E-state index in [1.165, 1.54) is 4.90 Å². The number of imide groups is 1. The van der Waals surface area contributed by atoms with Crippen molar-refractivity contribution in [3.63, 3.8) is 0 Å². The van der Waals surface area contributed by atoms with Crippen LogP contribution in [0.3, 0.4) is 0 Å². The highest BCUT2D eigenvalue weighted by Gasteiger charge is 2.55. The number of benzene rings is 2. The summed E-state index contributed by atoms with van der Waals surface area (Å²) < 4.78 is 0. The van der Waals surface area contributed by atoms with Gasteiger partial charge in [0.2, 0.25) is 11.8 Å². The summed E-state index contributed by atoms with van der Waals surface area (Å²) in [5, 5.41) is 0. The van der Waals surface area contributed by atoms with E-state index in [4.69, 9.17) is 0 Å². The average Bonchev–Trinajstić information content (AvgIpc) is 3.38. The van der Waals surface area contributed by atoms with Crippen molar-refractivity contribution in [2.75, 3.05) is 13.1 Å². The van der Waals surface area contributed by atoms with Crippen molar-refractivity contribution in [3.05, 3.63) is 71.8 Å². The number of nitrogens with zero attached hydrogens (tertiary/aromatic N) is 2. The first-order valence-corrected chi connectivity index (χ1v) is 8.37. The van der Waals surface area contributed by atoms with Crippen molar-refractivity contribution >= 4 is 11.8 Å². The smallest absolute Gasteiger partial charge is 0.244 e. The molecule has 2 amide bonds. The minimum absolute atomic E-state index is 0.0801. The first-order chi connectivity index (χ1) is 11.7. The van der Waals surface area contributed by atoms with Crippen LogP contribution in [0, 0.1) is 0 Å². The molecule has 4 heteroatoms. The quantitative estimate of drug-likeness (QED) is 0.813. The Kier molecular flexibility index (Phi) is 3.69. The average molecular weight is 320 g/mol. The Balaban J connectivity index is 1.52. The largest absolute Gasteiger partial charge is 0.281 e. The number of amides is 2. The molecule has 0 radical (unpaired) electrons. The first kappa shape index (κ1) is 15.1. The molecule has 0 unspecified atom stereocenters. The van der Waals surface area contributed by atoms with Crippen molar-refractivity contribution in [3.8, 4) is 0 Å². The third-order valence-electron chi connectivity index (χ3n) is 4.93. The summed E-state index contributed by atoms with van der Waals surface area (Å²) in [5.41, 5.74) is 1.80. The zero-order valence-electron chi connectivity index (χ0n) is 13.5. The minimum atomic E-state index is -0.395. The molecule has 24 heavy (non-hydrogen) atoms. The Hall–Kier alpha value is -2.46. The zero-order chi connectivity index (χ0) is 16.6. The van der Waals surface area contributed by atoms with Gasteiger partial charge in [0.1, 0.15) is 0 Å². The van der Waals surface area contributed by atoms with Gasteiger partial charge in [-0.2, -0.15) is 0 Å². The van der Waals surface area contributed by atoms with Crippen molar-refractivity contribution in [1.29, 1.82) is 0 Å². The van der Waals surface area contributed by atoms with Gasteiger partial charge in [-0.3, -0.25) is 19.4 Å². The highest BCUT2D eigenvalue weighted by Crippen LogP contribution is 2.51. The second-order valence-electron chi connectivity index (χ2n) is 6.65. The van der Waals surface area contributed by atoms with Crippen LogP contribution in [0.2, 0.25) is 0 Å². The van der Waals surface area contributed by atoms with E-state index in [2.05, 4.69) is 0 Å². The van der Waals surface area contributed by atoms with Crippen molar-refractivity contribution in [1.82, 2.24) is 9.80 Å². The molecule has 4 rings (SSSR count). The standard InChI is InChI=1S/C20H20N2O2/c23-18-14-21(13-16-7-3-1-4-8-16)15-19(24)22(18)20(11-12-20)17-9-5-2-6-10-17/h1-10H,11-15H2. The van der Waals surface area contributed by atoms with Gasteiger partial charge in [-0.15, -0.1) is 0 Å². The Labute approximate surface area is 141 Å². The molecule has 1 heterocycles. The lowest BCUT2D eigenvalue weighted by Gasteiger charge is -2.38. The van der Waals surface area contributed by atoms with Crippen LogP contribution in [0.1, 0.15) is 24.0 Å². The lowest BCUT2D eigenvalue weighted by Crippen LogP contribution is -2.57. The van der Waals surface area contributed by atoms with Gasteiger partial charge in [0.15, 0.2) is 0 Å². The molecule has 0 spiro atoms. The Morgan fingerprint density at radius 2 is 1.33 bits per heavy atom. The predicted molar refractivity (Wildman–Crippen MR) is 90.9 cm³/mol. The normalized spacial score (nSPS) is 20.2. The highest BCUT2D eigenvalue weighted by molar-refractivity contribution is 6.01. The van der Waals surface area contributed by atoms with Crippen LogP contribution in [0.4, 0.5) is 0 Å². The van der Waals surface area contributed by atoms with E-state index in [-0.39, 0.29) is 11.8 Å². The van der Waals surface area contributed by atoms with Gasteiger partial charge in [-0.1, -0.05) is 60.7 Å². The molecule has 2 aromatic rings. The van der Waals surface area contributed by atoms with Gasteiger partial charge < -0.3 is 0 Å². The molecule has 0 aromatic heterocycles. The molecule has 0 atom stereocenters. The van der Waals surface area contributed by atoms with E-state index in [1.807, 2.05) is 65.6 Å². The Morgan fingerprint density at radius 1 is 0.792 bits per heavy atom. The zero-order valence-corrected chi connectivity index (χ0v) is 13.5. The third kappa shape index (κ3) is 2.63. The van der Waals surface area contributed by atoms with Gasteiger partial charge in [0.05, 0.1) is 18.6 Å². The van der Waals surface area contributed by atoms with Crippen LogP contribution in [0.5, 0.6) is 0 Å². The summed E-state index contributed by atoms with van der Waals surface area (Å²) in [6, 6.07) is 19.9. The fourth-order valence-electron chi connectivity index (χ4n) is 3.66. The second kappa shape index (κ2) is 5.87. The van der Waals surface area contributed by atoms with Crippen LogP contribution in [-0.4, -0.2) is 34.7 Å². The number of piperazine rings is 1. The summed E-state index contributed by atoms with van der Waals surface area (Å²) in [4.78, 5) is 28.9. The molecule has 1 aliphatic carbocycles. The lowest BCUT2D eigenvalue weighted by atomic mass is 10.0. The number of hydrogen-bond donors (Lipinski definition) is 0. The van der Waals surface area contributed by atoms with Gasteiger partial charge >= 0.3 is 0 Å². The summed E-state index contributed by atoms with van der Waals surface area (Å²) in [5.74, 6) is -0.160. The van der Waals surface area contributed by atoms with Crippen LogP contribution in [-0.2, 0) is 21.7 Å². The third-order valence-corrected chi connectivity index (χ3v) is 4.93. The Bertz CT molecular complexity index is 736. The van der Waals surface area contributed by atoms with Crippen LogP contribution in [0.25, 0.3) is 0 Å². The molecule has 2 aliphatic rings. The maximum absolute atomic E-state index is 12.7. The van der Waals surface area contributed by atoms with E-state index in [0.29, 0.717) is 19.6 Å². The molecular formula is C20H20N2O2. The topological polar surface area (TPSA) is 40.6 Å². The van der Waals surface area contributed by atoms with E-state index in [9.17, 15) is 9.59 Å². The van der Waals surface area contributed by atoms with Crippen LogP contribution in [0.15, 0.2) is 60.7 Å². The molecule has 122 valence electrons. The molecule has 4 nitrogen and oxygen atoms in total. The van der Waals surface area contributed by atoms with E-state index in [0.717, 1.165) is 24.0 Å². The maximum atomic E-state index is 12.7. The summed E-state index contributed by atoms with van der Waals surface area (Å²) in [7, 11) is 0. The van der Waals surface area contributed by atoms with Crippen molar-refractivity contribution in [2.45, 2.75) is 24.9 Å². The van der Waals surface area contributed by atoms with Gasteiger partial charge in [0, 0.05) is 6.54 Å². The molecule has 1 saturated heterocycles. The fourth-order valence-corrected chi connectivity index (χ4v) is 3.66. The molecule has 2 fully saturated rings. The molecule has 0 bridgehead atoms. The summed E-state index contributed by atoms with van der Waals surface area (Å²) >= 11 is 0. The number of rotatable bonds is 4. The van der Waals surface area contributed by atoms with Gasteiger partial charge in [0.25, 0.3) is 0 Å². The monoisotopic (exact) mass is 320 g/mol. The number of carbonyl (C=O) groups excluding carboxylic acids is 2. The van der Waals surface area contributed by atoms with E-state index in [1.54, 1.807) is 0 Å². The molecule has 1 saturated carbocycles. The molecule has 0 N–H and O–H groups in total. The molecule has 1 aliphatic heterocycles. The van der Waals surface area contributed by atoms with Crippen molar-refractivity contribution < 1.29 is 9.59 Å². The SMILES string of the molecule is O=C1CN(Cc2ccccc2)CC(=O)N1C1(c2ccccc2)CC1. The summed E-state index contributed by atoms with van der Waals surface area (Å²) in [6.45, 7) is 1.23. The summed E-state index contributed by atoms with van der Waals surface area (Å²) in [6.07, 6.45) is 1.74. The number of carbonyl (C=O) groups is 2. The maximum Gasteiger partial charge on any atom is 0.244 e. The van der Waals surface area contributed by atoms with Gasteiger partial charge in [-0.05, 0) is 24.0 Å². The highest BCUT2D eigenvalue weighted by atomic mass is 16.2. The minimum Gasteiger partial charge on any atom is -0.281 e. The van der Waals surface area contributed by atoms with Crippen LogP contribution < -0.4 is 0 Å². The van der Waals surface area contributed by atoms with Crippen molar-refractivity contribution in [2.24, 2.45) is 0 Å². The number of hydrogen-bond acceptors (Lipinski definition) is 3. The van der Waals surface area contributed by atoms with E-state index >= 15 is 0 Å². The predicted octanol–water partition coefficient (Wildman–Crippen LogP) is 2.55. The fraction of sp³-hybridized carbons (Fsp3) is 0.300. The first-order valence-electron chi connectivity index (χ1n) is 8.37. The molecule has 2 aromatic carbocycles. The van der Waals surface area contributed by atoms with Crippen LogP contribution >= 0.6 is 0 Å². The lowest BCUT2D eigenvalue weighted by molar-refractivity contribution is -0.156. The Morgan fingerprint density at radius 3 is 1.88 bits per heavy atom. The van der Waals surface area contributed by atoms with E-state index < -0.39 is 5.54 Å². The second-order valence-corrected chi connectivity index (χ2v) is 6.65. The van der Waals surface area contributed by atoms with Gasteiger partial charge in [-0.25, -0.2) is 0 Å².